The number of hydrogen-bond donors (Lipinski definition) is 1. The van der Waals surface area contributed by atoms with Crippen molar-refractivity contribution in [3.8, 4) is 0 Å². The lowest BCUT2D eigenvalue weighted by molar-refractivity contribution is 0.0404. The maximum atomic E-state index is 12.4. The van der Waals surface area contributed by atoms with Gasteiger partial charge in [0.05, 0.1) is 0 Å². The molecule has 2 unspecified atom stereocenters. The summed E-state index contributed by atoms with van der Waals surface area (Å²) in [6.45, 7) is 5.77. The fourth-order valence-electron chi connectivity index (χ4n) is 2.62. The first-order valence-corrected chi connectivity index (χ1v) is 6.99. The van der Waals surface area contributed by atoms with Gasteiger partial charge in [0.2, 0.25) is 5.82 Å². The number of aromatic amines is 1. The van der Waals surface area contributed by atoms with E-state index in [1.54, 1.807) is 0 Å². The van der Waals surface area contributed by atoms with E-state index in [1.165, 1.54) is 0 Å². The summed E-state index contributed by atoms with van der Waals surface area (Å²) in [5, 5.41) is 6.98. The highest BCUT2D eigenvalue weighted by Gasteiger charge is 2.33. The minimum absolute atomic E-state index is 0.0463. The third kappa shape index (κ3) is 2.36. The van der Waals surface area contributed by atoms with Gasteiger partial charge in [-0.15, -0.1) is 5.10 Å². The highest BCUT2D eigenvalue weighted by molar-refractivity contribution is 5.90. The molecular weight excluding hydrogens is 242 g/mol. The van der Waals surface area contributed by atoms with E-state index in [1.807, 2.05) is 4.90 Å². The predicted molar refractivity (Wildman–Crippen MR) is 70.9 cm³/mol. The van der Waals surface area contributed by atoms with Crippen LogP contribution in [0.4, 0.5) is 0 Å². The number of likely N-dealkylation sites (N-methyl/N-ethyl adjacent to an activating group) is 1. The molecule has 1 amide bonds. The van der Waals surface area contributed by atoms with Crippen molar-refractivity contribution in [1.82, 2.24) is 25.0 Å². The van der Waals surface area contributed by atoms with Crippen LogP contribution in [0.15, 0.2) is 0 Å². The fraction of sp³-hybridized carbons (Fsp3) is 0.769. The topological polar surface area (TPSA) is 65.1 Å². The predicted octanol–water partition coefficient (Wildman–Crippen LogP) is 0.847. The molecule has 104 valence electrons. The van der Waals surface area contributed by atoms with Gasteiger partial charge in [-0.05, 0) is 33.7 Å². The van der Waals surface area contributed by atoms with Crippen LogP contribution in [0.3, 0.4) is 0 Å². The number of H-pyrrole nitrogens is 1. The summed E-state index contributed by atoms with van der Waals surface area (Å²) in [6, 6.07) is 0.740. The van der Waals surface area contributed by atoms with E-state index in [-0.39, 0.29) is 5.91 Å². The molecule has 6 heteroatoms. The normalized spacial score (nSPS) is 28.7. The number of piperazine rings is 1. The van der Waals surface area contributed by atoms with Crippen LogP contribution in [0.25, 0.3) is 0 Å². The first-order valence-electron chi connectivity index (χ1n) is 6.99. The maximum Gasteiger partial charge on any atom is 0.293 e. The van der Waals surface area contributed by atoms with Gasteiger partial charge in [0, 0.05) is 31.1 Å². The smallest absolute Gasteiger partial charge is 0.293 e. The van der Waals surface area contributed by atoms with Gasteiger partial charge < -0.3 is 4.90 Å². The minimum Gasteiger partial charge on any atom is -0.333 e. The number of amides is 1. The van der Waals surface area contributed by atoms with Crippen LogP contribution in [0, 0.1) is 0 Å². The van der Waals surface area contributed by atoms with Crippen molar-refractivity contribution in [2.75, 3.05) is 20.1 Å². The van der Waals surface area contributed by atoms with Crippen LogP contribution < -0.4 is 0 Å². The van der Waals surface area contributed by atoms with Crippen molar-refractivity contribution < 1.29 is 4.79 Å². The number of hydrogen-bond acceptors (Lipinski definition) is 4. The minimum atomic E-state index is -0.0463. The monoisotopic (exact) mass is 263 g/mol. The SMILES string of the molecule is CC1CN(C(=O)c2n[nH]c(C3CC3)n2)CC(C)N1C. The van der Waals surface area contributed by atoms with Crippen molar-refractivity contribution in [2.24, 2.45) is 0 Å². The van der Waals surface area contributed by atoms with Gasteiger partial charge in [-0.25, -0.2) is 4.98 Å². The highest BCUT2D eigenvalue weighted by Crippen LogP contribution is 2.37. The van der Waals surface area contributed by atoms with Gasteiger partial charge in [-0.1, -0.05) is 0 Å². The Morgan fingerprint density at radius 2 is 1.89 bits per heavy atom. The molecule has 3 rings (SSSR count). The lowest BCUT2D eigenvalue weighted by Crippen LogP contribution is -2.56. The summed E-state index contributed by atoms with van der Waals surface area (Å²) in [5.74, 6) is 1.65. The van der Waals surface area contributed by atoms with Gasteiger partial charge in [-0.2, -0.15) is 0 Å². The molecule has 0 radical (unpaired) electrons. The molecule has 19 heavy (non-hydrogen) atoms. The first kappa shape index (κ1) is 12.6. The van der Waals surface area contributed by atoms with Crippen LogP contribution in [-0.2, 0) is 0 Å². The molecule has 1 aliphatic heterocycles. The van der Waals surface area contributed by atoms with Crippen LogP contribution in [-0.4, -0.2) is 63.1 Å². The Morgan fingerprint density at radius 3 is 2.47 bits per heavy atom. The summed E-state index contributed by atoms with van der Waals surface area (Å²) in [6.07, 6.45) is 2.32. The molecule has 6 nitrogen and oxygen atoms in total. The molecule has 0 bridgehead atoms. The van der Waals surface area contributed by atoms with E-state index < -0.39 is 0 Å². The number of nitrogens with one attached hydrogen (secondary N) is 1. The lowest BCUT2D eigenvalue weighted by atomic mass is 10.1. The Morgan fingerprint density at radius 1 is 1.26 bits per heavy atom. The molecule has 1 aromatic heterocycles. The average molecular weight is 263 g/mol. The molecule has 2 fully saturated rings. The van der Waals surface area contributed by atoms with Crippen molar-refractivity contribution in [2.45, 2.75) is 44.7 Å². The molecule has 1 saturated heterocycles. The molecule has 1 aliphatic carbocycles. The zero-order chi connectivity index (χ0) is 13.6. The van der Waals surface area contributed by atoms with Gasteiger partial charge in [0.15, 0.2) is 0 Å². The summed E-state index contributed by atoms with van der Waals surface area (Å²) in [7, 11) is 2.11. The van der Waals surface area contributed by atoms with Crippen LogP contribution in [0.5, 0.6) is 0 Å². The molecule has 2 heterocycles. The molecule has 2 aliphatic rings. The van der Waals surface area contributed by atoms with E-state index >= 15 is 0 Å². The third-order valence-corrected chi connectivity index (χ3v) is 4.30. The van der Waals surface area contributed by atoms with E-state index in [0.717, 1.165) is 31.8 Å². The van der Waals surface area contributed by atoms with Gasteiger partial charge >= 0.3 is 0 Å². The van der Waals surface area contributed by atoms with E-state index in [4.69, 9.17) is 0 Å². The Kier molecular flexibility index (Phi) is 3.05. The van der Waals surface area contributed by atoms with Gasteiger partial charge in [-0.3, -0.25) is 14.8 Å². The fourth-order valence-corrected chi connectivity index (χ4v) is 2.62. The summed E-state index contributed by atoms with van der Waals surface area (Å²) in [4.78, 5) is 20.9. The lowest BCUT2D eigenvalue weighted by Gasteiger charge is -2.42. The zero-order valence-corrected chi connectivity index (χ0v) is 11.8. The zero-order valence-electron chi connectivity index (χ0n) is 11.8. The first-order chi connectivity index (χ1) is 9.06. The second-order valence-corrected chi connectivity index (χ2v) is 5.89. The Labute approximate surface area is 113 Å². The molecule has 0 aromatic carbocycles. The van der Waals surface area contributed by atoms with E-state index in [0.29, 0.717) is 23.8 Å². The molecule has 0 spiro atoms. The molecule has 2 atom stereocenters. The summed E-state index contributed by atoms with van der Waals surface area (Å²) < 4.78 is 0. The largest absolute Gasteiger partial charge is 0.333 e. The van der Waals surface area contributed by atoms with Crippen molar-refractivity contribution in [1.29, 1.82) is 0 Å². The number of nitrogens with zero attached hydrogens (tertiary/aromatic N) is 4. The standard InChI is InChI=1S/C13H21N5O/c1-8-6-18(7-9(2)17(8)3)13(19)12-14-11(15-16-12)10-4-5-10/h8-10H,4-7H2,1-3H3,(H,14,15,16). The Hall–Kier alpha value is -1.43. The van der Waals surface area contributed by atoms with Crippen molar-refractivity contribution in [3.63, 3.8) is 0 Å². The number of aromatic nitrogens is 3. The average Bonchev–Trinajstić information content (AvgIpc) is 3.12. The quantitative estimate of drug-likeness (QED) is 0.859. The Bertz CT molecular complexity index is 469. The third-order valence-electron chi connectivity index (χ3n) is 4.30. The second-order valence-electron chi connectivity index (χ2n) is 5.89. The Balaban J connectivity index is 1.72. The van der Waals surface area contributed by atoms with E-state index in [9.17, 15) is 4.79 Å². The summed E-state index contributed by atoms with van der Waals surface area (Å²) >= 11 is 0. The second kappa shape index (κ2) is 4.59. The molecular formula is C13H21N5O. The maximum absolute atomic E-state index is 12.4. The van der Waals surface area contributed by atoms with Crippen LogP contribution >= 0.6 is 0 Å². The highest BCUT2D eigenvalue weighted by atomic mass is 16.2. The summed E-state index contributed by atoms with van der Waals surface area (Å²) in [5.41, 5.74) is 0. The number of rotatable bonds is 2. The van der Waals surface area contributed by atoms with Crippen molar-refractivity contribution in [3.05, 3.63) is 11.6 Å². The van der Waals surface area contributed by atoms with Gasteiger partial charge in [0.25, 0.3) is 5.91 Å². The van der Waals surface area contributed by atoms with Crippen LogP contribution in [0.2, 0.25) is 0 Å². The molecule has 1 N–H and O–H groups in total. The molecule has 1 saturated carbocycles. The number of carbonyl (C=O) groups excluding carboxylic acids is 1. The van der Waals surface area contributed by atoms with Crippen molar-refractivity contribution >= 4 is 5.91 Å². The number of carbonyl (C=O) groups is 1. The molecule has 1 aromatic rings. The van der Waals surface area contributed by atoms with Crippen LogP contribution in [0.1, 0.15) is 49.1 Å². The van der Waals surface area contributed by atoms with E-state index in [2.05, 4.69) is 41.0 Å². The van der Waals surface area contributed by atoms with Gasteiger partial charge in [0.1, 0.15) is 5.82 Å².